The maximum absolute atomic E-state index is 12.2. The molecule has 1 aliphatic heterocycles. The first-order valence-electron chi connectivity index (χ1n) is 8.81. The van der Waals surface area contributed by atoms with Crippen LogP contribution in [0.4, 0.5) is 16.2 Å². The van der Waals surface area contributed by atoms with Crippen molar-refractivity contribution in [3.63, 3.8) is 0 Å². The zero-order valence-corrected chi connectivity index (χ0v) is 15.8. The number of rotatable bonds is 5. The van der Waals surface area contributed by atoms with E-state index in [4.69, 9.17) is 15.2 Å². The van der Waals surface area contributed by atoms with E-state index in [0.29, 0.717) is 36.2 Å². The van der Waals surface area contributed by atoms with Crippen molar-refractivity contribution < 1.29 is 14.3 Å². The van der Waals surface area contributed by atoms with Crippen molar-refractivity contribution in [1.29, 1.82) is 0 Å². The van der Waals surface area contributed by atoms with Crippen LogP contribution in [-0.4, -0.2) is 19.9 Å². The van der Waals surface area contributed by atoms with E-state index < -0.39 is 0 Å². The highest BCUT2D eigenvalue weighted by Crippen LogP contribution is 2.30. The Morgan fingerprint density at radius 2 is 1.93 bits per heavy atom. The molecule has 0 aliphatic carbocycles. The monoisotopic (exact) mass is 370 g/mol. The van der Waals surface area contributed by atoms with Crippen LogP contribution in [-0.2, 0) is 11.3 Å². The van der Waals surface area contributed by atoms with E-state index in [1.165, 1.54) is 0 Å². The quantitative estimate of drug-likeness (QED) is 0.643. The Balaban J connectivity index is 0.00000126. The Morgan fingerprint density at radius 3 is 2.56 bits per heavy atom. The second-order valence-electron chi connectivity index (χ2n) is 5.40. The van der Waals surface area contributed by atoms with Gasteiger partial charge in [0.1, 0.15) is 11.5 Å². The summed E-state index contributed by atoms with van der Waals surface area (Å²) in [6.45, 7) is 4.85. The van der Waals surface area contributed by atoms with Crippen molar-refractivity contribution in [1.82, 2.24) is 5.32 Å². The third-order valence-electron chi connectivity index (χ3n) is 3.69. The van der Waals surface area contributed by atoms with Gasteiger partial charge < -0.3 is 31.2 Å². The Hall–Kier alpha value is -3.19. The lowest BCUT2D eigenvalue weighted by Crippen LogP contribution is -2.19. The topological polar surface area (TPSA) is 97.6 Å². The van der Waals surface area contributed by atoms with Gasteiger partial charge in [0.05, 0.1) is 12.7 Å². The third-order valence-corrected chi connectivity index (χ3v) is 3.69. The van der Waals surface area contributed by atoms with Crippen LogP contribution in [0.1, 0.15) is 25.0 Å². The van der Waals surface area contributed by atoms with E-state index >= 15 is 0 Å². The molecule has 5 N–H and O–H groups in total. The number of ether oxygens (including phenoxy) is 2. The lowest BCUT2D eigenvalue weighted by atomic mass is 10.1. The van der Waals surface area contributed by atoms with Gasteiger partial charge in [0.2, 0.25) is 0 Å². The number of urea groups is 1. The molecule has 2 aromatic rings. The molecule has 0 spiro atoms. The van der Waals surface area contributed by atoms with E-state index in [0.717, 1.165) is 11.1 Å². The minimum absolute atomic E-state index is 0.345. The van der Waals surface area contributed by atoms with Crippen LogP contribution in [0.25, 0.3) is 5.76 Å². The molecule has 0 saturated heterocycles. The highest BCUT2D eigenvalue weighted by Gasteiger charge is 2.14. The molecule has 2 amide bonds. The van der Waals surface area contributed by atoms with Crippen LogP contribution < -0.4 is 26.4 Å². The van der Waals surface area contributed by atoms with Crippen molar-refractivity contribution in [2.24, 2.45) is 5.73 Å². The van der Waals surface area contributed by atoms with Crippen molar-refractivity contribution in [2.75, 3.05) is 24.5 Å². The first kappa shape index (κ1) is 20.1. The summed E-state index contributed by atoms with van der Waals surface area (Å²) in [6.07, 6.45) is 1.78. The largest absolute Gasteiger partial charge is 0.496 e. The van der Waals surface area contributed by atoms with Gasteiger partial charge in [-0.3, -0.25) is 0 Å². The number of carbonyl (C=O) groups is 1. The van der Waals surface area contributed by atoms with Gasteiger partial charge >= 0.3 is 6.03 Å². The second-order valence-corrected chi connectivity index (χ2v) is 5.40. The molecule has 0 unspecified atom stereocenters. The lowest BCUT2D eigenvalue weighted by Gasteiger charge is -2.12. The van der Waals surface area contributed by atoms with Crippen molar-refractivity contribution in [3.8, 4) is 5.75 Å². The van der Waals surface area contributed by atoms with Crippen molar-refractivity contribution in [3.05, 3.63) is 59.8 Å². The highest BCUT2D eigenvalue weighted by atomic mass is 16.5. The fourth-order valence-electron chi connectivity index (χ4n) is 2.49. The number of nitrogens with two attached hydrogens (primary N) is 1. The summed E-state index contributed by atoms with van der Waals surface area (Å²) in [5.41, 5.74) is 8.66. The number of anilines is 2. The molecule has 1 aliphatic rings. The number of benzene rings is 2. The number of carbonyl (C=O) groups excluding carboxylic acids is 1. The van der Waals surface area contributed by atoms with E-state index in [1.807, 2.05) is 38.1 Å². The normalized spacial score (nSPS) is 11.9. The molecule has 0 aromatic heterocycles. The zero-order valence-electron chi connectivity index (χ0n) is 15.8. The number of hydrogen-bond acceptors (Lipinski definition) is 5. The molecule has 0 bridgehead atoms. The fraction of sp³-hybridized carbons (Fsp3) is 0.250. The maximum atomic E-state index is 12.2. The Labute approximate surface area is 159 Å². The van der Waals surface area contributed by atoms with Gasteiger partial charge in [-0.05, 0) is 29.8 Å². The minimum atomic E-state index is -0.345. The molecule has 1 heterocycles. The predicted molar refractivity (Wildman–Crippen MR) is 108 cm³/mol. The molecule has 144 valence electrons. The van der Waals surface area contributed by atoms with Gasteiger partial charge in [0, 0.05) is 30.2 Å². The third kappa shape index (κ3) is 5.39. The van der Waals surface area contributed by atoms with Gasteiger partial charge in [-0.15, -0.1) is 0 Å². The molecular formula is C20H26N4O3. The van der Waals surface area contributed by atoms with Crippen LogP contribution in [0.3, 0.4) is 0 Å². The first-order chi connectivity index (χ1) is 13.2. The minimum Gasteiger partial charge on any atom is -0.496 e. The van der Waals surface area contributed by atoms with Crippen LogP contribution in [0, 0.1) is 0 Å². The number of methoxy groups -OCH3 is 1. The molecule has 27 heavy (non-hydrogen) atoms. The van der Waals surface area contributed by atoms with Gasteiger partial charge in [-0.1, -0.05) is 26.0 Å². The molecular weight excluding hydrogens is 344 g/mol. The standard InChI is InChI=1S/C18H20N4O3.C2H6/c1-24-16-8-14(5-6-15(16)17-10-20-11-25-17)22-18(23)21-13-4-2-3-12(7-13)9-19;1-2/h2-8,10,20H,9,11,19H2,1H3,(H2,21,22,23);1-2H3. The summed E-state index contributed by atoms with van der Waals surface area (Å²) >= 11 is 0. The van der Waals surface area contributed by atoms with E-state index in [2.05, 4.69) is 16.0 Å². The Morgan fingerprint density at radius 1 is 1.19 bits per heavy atom. The van der Waals surface area contributed by atoms with Crippen LogP contribution in [0.2, 0.25) is 0 Å². The zero-order chi connectivity index (χ0) is 19.6. The molecule has 0 radical (unpaired) electrons. The van der Waals surface area contributed by atoms with Gasteiger partial charge in [-0.2, -0.15) is 0 Å². The Bertz CT molecular complexity index is 806. The summed E-state index contributed by atoms with van der Waals surface area (Å²) < 4.78 is 10.9. The molecule has 0 fully saturated rings. The average Bonchev–Trinajstić information content (AvgIpc) is 3.24. The molecule has 7 heteroatoms. The number of nitrogens with one attached hydrogen (secondary N) is 3. The molecule has 7 nitrogen and oxygen atoms in total. The van der Waals surface area contributed by atoms with Crippen molar-refractivity contribution in [2.45, 2.75) is 20.4 Å². The van der Waals surface area contributed by atoms with Crippen LogP contribution in [0.5, 0.6) is 5.75 Å². The smallest absolute Gasteiger partial charge is 0.323 e. The van der Waals surface area contributed by atoms with Gasteiger partial charge in [-0.25, -0.2) is 4.79 Å². The summed E-state index contributed by atoms with van der Waals surface area (Å²) in [7, 11) is 1.57. The molecule has 2 aromatic carbocycles. The highest BCUT2D eigenvalue weighted by molar-refractivity contribution is 6.00. The van der Waals surface area contributed by atoms with Crippen LogP contribution >= 0.6 is 0 Å². The number of hydrogen-bond donors (Lipinski definition) is 4. The molecule has 0 atom stereocenters. The predicted octanol–water partition coefficient (Wildman–Crippen LogP) is 3.70. The first-order valence-corrected chi connectivity index (χ1v) is 8.81. The number of amides is 2. The summed E-state index contributed by atoms with van der Waals surface area (Å²) in [4.78, 5) is 12.2. The maximum Gasteiger partial charge on any atom is 0.323 e. The lowest BCUT2D eigenvalue weighted by molar-refractivity contribution is 0.262. The second kappa shape index (κ2) is 10.1. The summed E-state index contributed by atoms with van der Waals surface area (Å²) in [6, 6.07) is 12.4. The van der Waals surface area contributed by atoms with Gasteiger partial charge in [0.15, 0.2) is 6.73 Å². The van der Waals surface area contributed by atoms with Crippen molar-refractivity contribution >= 4 is 23.2 Å². The SMILES string of the molecule is CC.COc1cc(NC(=O)Nc2cccc(CN)c2)ccc1C1=CNCO1. The summed E-state index contributed by atoms with van der Waals surface area (Å²) in [5.74, 6) is 1.31. The van der Waals surface area contributed by atoms with E-state index in [-0.39, 0.29) is 6.03 Å². The Kier molecular flexibility index (Phi) is 7.51. The summed E-state index contributed by atoms with van der Waals surface area (Å²) in [5, 5.41) is 8.54. The van der Waals surface area contributed by atoms with Gasteiger partial charge in [0.25, 0.3) is 0 Å². The molecule has 0 saturated carbocycles. The average molecular weight is 370 g/mol. The fourth-order valence-corrected chi connectivity index (χ4v) is 2.49. The molecule has 3 rings (SSSR count). The van der Waals surface area contributed by atoms with E-state index in [1.54, 1.807) is 31.5 Å². The van der Waals surface area contributed by atoms with Crippen LogP contribution in [0.15, 0.2) is 48.7 Å². The van der Waals surface area contributed by atoms with E-state index in [9.17, 15) is 4.79 Å².